The van der Waals surface area contributed by atoms with Crippen molar-refractivity contribution >= 4 is 5.91 Å². The molecule has 2 N–H and O–H groups in total. The predicted octanol–water partition coefficient (Wildman–Crippen LogP) is 0.823. The smallest absolute Gasteiger partial charge is 0.234 e. The van der Waals surface area contributed by atoms with Crippen LogP contribution in [0, 0.1) is 11.3 Å². The molecule has 20 heavy (non-hydrogen) atoms. The average molecular weight is 277 g/mol. The fourth-order valence-electron chi connectivity index (χ4n) is 1.63. The Morgan fingerprint density at radius 2 is 2.15 bits per heavy atom. The molecule has 1 amide bonds. The first-order chi connectivity index (χ1) is 9.71. The minimum atomic E-state index is -0.132. The first-order valence-corrected chi connectivity index (χ1v) is 6.26. The van der Waals surface area contributed by atoms with E-state index in [1.807, 2.05) is 18.2 Å². The van der Waals surface area contributed by atoms with Crippen molar-refractivity contribution in [2.75, 3.05) is 27.3 Å². The number of benzene rings is 1. The van der Waals surface area contributed by atoms with E-state index >= 15 is 0 Å². The first kappa shape index (κ1) is 15.8. The molecule has 1 aromatic rings. The van der Waals surface area contributed by atoms with Gasteiger partial charge in [0.2, 0.25) is 5.91 Å². The fourth-order valence-corrected chi connectivity index (χ4v) is 1.63. The van der Waals surface area contributed by atoms with Crippen LogP contribution in [0.2, 0.25) is 0 Å². The summed E-state index contributed by atoms with van der Waals surface area (Å²) in [6.07, 6.45) is 0.318. The van der Waals surface area contributed by atoms with Gasteiger partial charge in [0.25, 0.3) is 0 Å². The number of rotatable bonds is 8. The number of nitrogens with one attached hydrogen (secondary N) is 2. The number of carbonyl (C=O) groups is 1. The van der Waals surface area contributed by atoms with Crippen molar-refractivity contribution in [3.05, 3.63) is 23.8 Å². The summed E-state index contributed by atoms with van der Waals surface area (Å²) in [4.78, 5) is 11.4. The lowest BCUT2D eigenvalue weighted by atomic mass is 10.2. The molecule has 0 spiro atoms. The van der Waals surface area contributed by atoms with Crippen molar-refractivity contribution in [3.8, 4) is 17.6 Å². The van der Waals surface area contributed by atoms with Gasteiger partial charge in [0.1, 0.15) is 11.5 Å². The van der Waals surface area contributed by atoms with E-state index in [0.29, 0.717) is 25.3 Å². The lowest BCUT2D eigenvalue weighted by molar-refractivity contribution is -0.120. The summed E-state index contributed by atoms with van der Waals surface area (Å²) in [5.41, 5.74) is 0.943. The molecule has 1 rings (SSSR count). The van der Waals surface area contributed by atoms with Crippen LogP contribution in [0.25, 0.3) is 0 Å². The molecule has 0 radical (unpaired) electrons. The van der Waals surface area contributed by atoms with Crippen molar-refractivity contribution in [3.63, 3.8) is 0 Å². The third-order valence-electron chi connectivity index (χ3n) is 2.65. The Labute approximate surface area is 118 Å². The van der Waals surface area contributed by atoms with Gasteiger partial charge in [-0.2, -0.15) is 5.26 Å². The predicted molar refractivity (Wildman–Crippen MR) is 74.5 cm³/mol. The third-order valence-corrected chi connectivity index (χ3v) is 2.65. The van der Waals surface area contributed by atoms with Crippen molar-refractivity contribution < 1.29 is 14.3 Å². The van der Waals surface area contributed by atoms with Gasteiger partial charge in [-0.3, -0.25) is 4.79 Å². The van der Waals surface area contributed by atoms with Gasteiger partial charge in [0.05, 0.1) is 33.3 Å². The zero-order chi connectivity index (χ0) is 14.8. The molecule has 1 aromatic carbocycles. The van der Waals surface area contributed by atoms with Crippen LogP contribution in [0.1, 0.15) is 12.0 Å². The van der Waals surface area contributed by atoms with E-state index in [-0.39, 0.29) is 12.5 Å². The molecule has 0 fully saturated rings. The molecule has 0 atom stereocenters. The summed E-state index contributed by atoms with van der Waals surface area (Å²) in [6.45, 7) is 1.09. The highest BCUT2D eigenvalue weighted by atomic mass is 16.5. The second-order valence-corrected chi connectivity index (χ2v) is 4.04. The molecule has 0 aliphatic rings. The molecule has 0 saturated heterocycles. The number of nitrogens with zero attached hydrogens (tertiary/aromatic N) is 1. The summed E-state index contributed by atoms with van der Waals surface area (Å²) >= 11 is 0. The Morgan fingerprint density at radius 3 is 2.80 bits per heavy atom. The average Bonchev–Trinajstić information content (AvgIpc) is 2.47. The Balaban J connectivity index is 2.42. The van der Waals surface area contributed by atoms with Crippen molar-refractivity contribution in [1.82, 2.24) is 10.6 Å². The van der Waals surface area contributed by atoms with E-state index in [4.69, 9.17) is 14.7 Å². The van der Waals surface area contributed by atoms with Gasteiger partial charge >= 0.3 is 0 Å². The normalized spacial score (nSPS) is 9.65. The molecule has 0 aliphatic carbocycles. The summed E-state index contributed by atoms with van der Waals surface area (Å²) in [6, 6.07) is 7.49. The van der Waals surface area contributed by atoms with Crippen molar-refractivity contribution in [2.45, 2.75) is 13.0 Å². The molecule has 0 aromatic heterocycles. The van der Waals surface area contributed by atoms with E-state index in [2.05, 4.69) is 10.6 Å². The van der Waals surface area contributed by atoms with E-state index in [1.54, 1.807) is 20.3 Å². The summed E-state index contributed by atoms with van der Waals surface area (Å²) in [7, 11) is 3.19. The number of amides is 1. The van der Waals surface area contributed by atoms with Gasteiger partial charge in [0.15, 0.2) is 0 Å². The second-order valence-electron chi connectivity index (χ2n) is 4.04. The van der Waals surface area contributed by atoms with E-state index in [1.165, 1.54) is 0 Å². The molecule has 0 unspecified atom stereocenters. The number of hydrogen-bond donors (Lipinski definition) is 2. The molecular weight excluding hydrogens is 258 g/mol. The Bertz CT molecular complexity index is 483. The number of ether oxygens (including phenoxy) is 2. The highest BCUT2D eigenvalue weighted by molar-refractivity contribution is 5.77. The standard InChI is InChI=1S/C14H19N3O3/c1-19-12-5-4-11(13(8-12)20-2)9-16-10-14(18)17-7-3-6-15/h4-5,8,16H,3,7,9-10H2,1-2H3,(H,17,18). The molecule has 108 valence electrons. The largest absolute Gasteiger partial charge is 0.497 e. The van der Waals surface area contributed by atoms with E-state index in [0.717, 1.165) is 11.3 Å². The van der Waals surface area contributed by atoms with Gasteiger partial charge in [0, 0.05) is 24.7 Å². The van der Waals surface area contributed by atoms with Crippen LogP contribution in [0.4, 0.5) is 0 Å². The maximum absolute atomic E-state index is 11.4. The highest BCUT2D eigenvalue weighted by Crippen LogP contribution is 2.24. The van der Waals surface area contributed by atoms with Crippen molar-refractivity contribution in [2.24, 2.45) is 0 Å². The van der Waals surface area contributed by atoms with Crippen LogP contribution < -0.4 is 20.1 Å². The van der Waals surface area contributed by atoms with Crippen LogP contribution in [-0.4, -0.2) is 33.2 Å². The summed E-state index contributed by atoms with van der Waals surface area (Å²) in [5, 5.41) is 14.0. The number of nitriles is 1. The lowest BCUT2D eigenvalue weighted by Gasteiger charge is -2.11. The number of carbonyl (C=O) groups excluding carboxylic acids is 1. The monoisotopic (exact) mass is 277 g/mol. The number of methoxy groups -OCH3 is 2. The Hall–Kier alpha value is -2.26. The summed E-state index contributed by atoms with van der Waals surface area (Å²) < 4.78 is 10.4. The summed E-state index contributed by atoms with van der Waals surface area (Å²) in [5.74, 6) is 1.30. The van der Waals surface area contributed by atoms with Crippen LogP contribution in [0.15, 0.2) is 18.2 Å². The lowest BCUT2D eigenvalue weighted by Crippen LogP contribution is -2.34. The van der Waals surface area contributed by atoms with E-state index < -0.39 is 0 Å². The quantitative estimate of drug-likeness (QED) is 0.687. The van der Waals surface area contributed by atoms with Crippen LogP contribution in [0.3, 0.4) is 0 Å². The molecule has 6 nitrogen and oxygen atoms in total. The SMILES string of the molecule is COc1ccc(CNCC(=O)NCCC#N)c(OC)c1. The van der Waals surface area contributed by atoms with Crippen LogP contribution >= 0.6 is 0 Å². The topological polar surface area (TPSA) is 83.4 Å². The Kier molecular flexibility index (Phi) is 6.93. The minimum Gasteiger partial charge on any atom is -0.497 e. The zero-order valence-corrected chi connectivity index (χ0v) is 11.7. The van der Waals surface area contributed by atoms with E-state index in [9.17, 15) is 4.79 Å². The maximum Gasteiger partial charge on any atom is 0.234 e. The fraction of sp³-hybridized carbons (Fsp3) is 0.429. The molecule has 0 heterocycles. The second kappa shape index (κ2) is 8.77. The van der Waals surface area contributed by atoms with Crippen LogP contribution in [0.5, 0.6) is 11.5 Å². The van der Waals surface area contributed by atoms with Gasteiger partial charge < -0.3 is 20.1 Å². The van der Waals surface area contributed by atoms with Crippen LogP contribution in [-0.2, 0) is 11.3 Å². The Morgan fingerprint density at radius 1 is 1.35 bits per heavy atom. The molecule has 0 aliphatic heterocycles. The zero-order valence-electron chi connectivity index (χ0n) is 11.7. The minimum absolute atomic E-state index is 0.132. The molecule has 0 saturated carbocycles. The highest BCUT2D eigenvalue weighted by Gasteiger charge is 2.06. The van der Waals surface area contributed by atoms with Crippen molar-refractivity contribution in [1.29, 1.82) is 5.26 Å². The first-order valence-electron chi connectivity index (χ1n) is 6.26. The third kappa shape index (κ3) is 5.16. The van der Waals surface area contributed by atoms with Gasteiger partial charge in [-0.25, -0.2) is 0 Å². The van der Waals surface area contributed by atoms with Gasteiger partial charge in [-0.1, -0.05) is 6.07 Å². The molecule has 0 bridgehead atoms. The van der Waals surface area contributed by atoms with Gasteiger partial charge in [-0.15, -0.1) is 0 Å². The molecule has 6 heteroatoms. The molecular formula is C14H19N3O3. The van der Waals surface area contributed by atoms with Gasteiger partial charge in [-0.05, 0) is 6.07 Å². The number of hydrogen-bond acceptors (Lipinski definition) is 5. The maximum atomic E-state index is 11.4.